The third kappa shape index (κ3) is 3.44. The van der Waals surface area contributed by atoms with Crippen LogP contribution in [-0.2, 0) is 11.3 Å². The zero-order valence-corrected chi connectivity index (χ0v) is 9.62. The first kappa shape index (κ1) is 11.9. The lowest BCUT2D eigenvalue weighted by Gasteiger charge is -2.16. The van der Waals surface area contributed by atoms with Crippen LogP contribution in [-0.4, -0.2) is 30.8 Å². The first-order valence-corrected chi connectivity index (χ1v) is 5.13. The molecule has 3 nitrogen and oxygen atoms in total. The molecule has 0 fully saturated rings. The molecule has 82 valence electrons. The Labute approximate surface area is 94.6 Å². The maximum atomic E-state index is 11.2. The molecule has 0 bridgehead atoms. The second-order valence-electron chi connectivity index (χ2n) is 3.23. The Morgan fingerprint density at radius 1 is 1.53 bits per heavy atom. The van der Waals surface area contributed by atoms with Gasteiger partial charge in [0.05, 0.1) is 7.11 Å². The first-order valence-electron chi connectivity index (χ1n) is 4.60. The lowest BCUT2D eigenvalue weighted by Crippen LogP contribution is -2.27. The van der Waals surface area contributed by atoms with Crippen molar-refractivity contribution in [2.24, 2.45) is 0 Å². The van der Waals surface area contributed by atoms with Crippen molar-refractivity contribution in [3.05, 3.63) is 29.8 Å². The van der Waals surface area contributed by atoms with Gasteiger partial charge in [0.1, 0.15) is 11.6 Å². The smallest absolute Gasteiger partial charge is 0.237 e. The Morgan fingerprint density at radius 3 is 2.87 bits per heavy atom. The highest BCUT2D eigenvalue weighted by atomic mass is 35.5. The number of halogens is 1. The van der Waals surface area contributed by atoms with Crippen LogP contribution in [0.1, 0.15) is 5.56 Å². The standard InChI is InChI=1S/C11H14ClNO2/c1-13(11(14)7-12)8-9-4-3-5-10(6-9)15-2/h3-6H,7-8H2,1-2H3. The van der Waals surface area contributed by atoms with E-state index in [1.165, 1.54) is 0 Å². The first-order chi connectivity index (χ1) is 7.17. The highest BCUT2D eigenvalue weighted by Crippen LogP contribution is 2.13. The molecule has 0 spiro atoms. The van der Waals surface area contributed by atoms with Crippen LogP contribution in [0.15, 0.2) is 24.3 Å². The minimum absolute atomic E-state index is 0.0144. The third-order valence-electron chi connectivity index (χ3n) is 2.09. The van der Waals surface area contributed by atoms with Gasteiger partial charge in [-0.1, -0.05) is 12.1 Å². The van der Waals surface area contributed by atoms with Crippen molar-refractivity contribution in [3.63, 3.8) is 0 Å². The molecule has 4 heteroatoms. The molecule has 0 unspecified atom stereocenters. The second kappa shape index (κ2) is 5.61. The van der Waals surface area contributed by atoms with Gasteiger partial charge in [-0.05, 0) is 17.7 Å². The predicted molar refractivity (Wildman–Crippen MR) is 60.2 cm³/mol. The minimum Gasteiger partial charge on any atom is -0.497 e. The third-order valence-corrected chi connectivity index (χ3v) is 2.32. The van der Waals surface area contributed by atoms with E-state index in [9.17, 15) is 4.79 Å². The summed E-state index contributed by atoms with van der Waals surface area (Å²) in [5.41, 5.74) is 1.02. The molecule has 1 aromatic carbocycles. The van der Waals surface area contributed by atoms with Gasteiger partial charge in [-0.2, -0.15) is 0 Å². The van der Waals surface area contributed by atoms with Crippen molar-refractivity contribution in [3.8, 4) is 5.75 Å². The number of hydrogen-bond donors (Lipinski definition) is 0. The van der Waals surface area contributed by atoms with Crippen LogP contribution < -0.4 is 4.74 Å². The summed E-state index contributed by atoms with van der Waals surface area (Å²) in [6.07, 6.45) is 0. The summed E-state index contributed by atoms with van der Waals surface area (Å²) in [6.45, 7) is 0.544. The number of nitrogens with zero attached hydrogens (tertiary/aromatic N) is 1. The summed E-state index contributed by atoms with van der Waals surface area (Å²) >= 11 is 5.46. The zero-order chi connectivity index (χ0) is 11.3. The Bertz CT molecular complexity index is 341. The number of carbonyl (C=O) groups excluding carboxylic acids is 1. The van der Waals surface area contributed by atoms with Crippen LogP contribution in [0, 0.1) is 0 Å². The number of alkyl halides is 1. The van der Waals surface area contributed by atoms with Gasteiger partial charge in [0.15, 0.2) is 0 Å². The van der Waals surface area contributed by atoms with Crippen LogP contribution in [0.4, 0.5) is 0 Å². The van der Waals surface area contributed by atoms with Gasteiger partial charge in [-0.3, -0.25) is 4.79 Å². The molecule has 0 saturated heterocycles. The van der Waals surface area contributed by atoms with E-state index in [2.05, 4.69) is 0 Å². The van der Waals surface area contributed by atoms with Crippen molar-refractivity contribution in [1.29, 1.82) is 0 Å². The summed E-state index contributed by atoms with van der Waals surface area (Å²) < 4.78 is 5.09. The summed E-state index contributed by atoms with van der Waals surface area (Å²) in [7, 11) is 3.34. The van der Waals surface area contributed by atoms with E-state index in [4.69, 9.17) is 16.3 Å². The highest BCUT2D eigenvalue weighted by Gasteiger charge is 2.07. The van der Waals surface area contributed by atoms with Crippen molar-refractivity contribution >= 4 is 17.5 Å². The van der Waals surface area contributed by atoms with Gasteiger partial charge < -0.3 is 9.64 Å². The summed E-state index contributed by atoms with van der Waals surface area (Å²) in [5, 5.41) is 0. The van der Waals surface area contributed by atoms with E-state index in [1.54, 1.807) is 19.1 Å². The molecule has 0 radical (unpaired) electrons. The molecule has 0 aliphatic heterocycles. The number of rotatable bonds is 4. The number of methoxy groups -OCH3 is 1. The number of amides is 1. The lowest BCUT2D eigenvalue weighted by atomic mass is 10.2. The monoisotopic (exact) mass is 227 g/mol. The summed E-state index contributed by atoms with van der Waals surface area (Å²) in [6, 6.07) is 7.61. The van der Waals surface area contributed by atoms with Gasteiger partial charge in [0.2, 0.25) is 5.91 Å². The lowest BCUT2D eigenvalue weighted by molar-refractivity contribution is -0.127. The second-order valence-corrected chi connectivity index (χ2v) is 3.50. The number of carbonyl (C=O) groups is 1. The molecule has 0 heterocycles. The van der Waals surface area contributed by atoms with Gasteiger partial charge in [-0.25, -0.2) is 0 Å². The van der Waals surface area contributed by atoms with Gasteiger partial charge in [0.25, 0.3) is 0 Å². The summed E-state index contributed by atoms with van der Waals surface area (Å²) in [5.74, 6) is 0.721. The molecule has 0 atom stereocenters. The van der Waals surface area contributed by atoms with E-state index >= 15 is 0 Å². The number of benzene rings is 1. The van der Waals surface area contributed by atoms with E-state index in [1.807, 2.05) is 24.3 Å². The highest BCUT2D eigenvalue weighted by molar-refractivity contribution is 6.27. The topological polar surface area (TPSA) is 29.5 Å². The minimum atomic E-state index is -0.0838. The average Bonchev–Trinajstić information content (AvgIpc) is 2.28. The quantitative estimate of drug-likeness (QED) is 0.736. The molecular formula is C11H14ClNO2. The Kier molecular flexibility index (Phi) is 4.43. The molecule has 0 aromatic heterocycles. The van der Waals surface area contributed by atoms with E-state index in [-0.39, 0.29) is 11.8 Å². The van der Waals surface area contributed by atoms with Gasteiger partial charge >= 0.3 is 0 Å². The fraction of sp³-hybridized carbons (Fsp3) is 0.364. The molecule has 15 heavy (non-hydrogen) atoms. The Balaban J connectivity index is 2.67. The molecule has 1 amide bonds. The van der Waals surface area contributed by atoms with Crippen molar-refractivity contribution < 1.29 is 9.53 Å². The van der Waals surface area contributed by atoms with Crippen LogP contribution in [0.25, 0.3) is 0 Å². The molecule has 1 aromatic rings. The van der Waals surface area contributed by atoms with Crippen LogP contribution >= 0.6 is 11.6 Å². The average molecular weight is 228 g/mol. The zero-order valence-electron chi connectivity index (χ0n) is 8.87. The van der Waals surface area contributed by atoms with Crippen LogP contribution in [0.2, 0.25) is 0 Å². The SMILES string of the molecule is COc1cccc(CN(C)C(=O)CCl)c1. The molecule has 0 N–H and O–H groups in total. The van der Waals surface area contributed by atoms with Crippen LogP contribution in [0.3, 0.4) is 0 Å². The maximum Gasteiger partial charge on any atom is 0.237 e. The van der Waals surface area contributed by atoms with Crippen molar-refractivity contribution in [2.75, 3.05) is 20.0 Å². The number of ether oxygens (including phenoxy) is 1. The molecular weight excluding hydrogens is 214 g/mol. The maximum absolute atomic E-state index is 11.2. The largest absolute Gasteiger partial charge is 0.497 e. The van der Waals surface area contributed by atoms with Crippen molar-refractivity contribution in [1.82, 2.24) is 4.90 Å². The Morgan fingerprint density at radius 2 is 2.27 bits per heavy atom. The Hall–Kier alpha value is -1.22. The molecule has 0 aliphatic carbocycles. The van der Waals surface area contributed by atoms with Gasteiger partial charge in [0, 0.05) is 13.6 Å². The fourth-order valence-corrected chi connectivity index (χ4v) is 1.44. The van der Waals surface area contributed by atoms with Crippen LogP contribution in [0.5, 0.6) is 5.75 Å². The van der Waals surface area contributed by atoms with Crippen molar-refractivity contribution in [2.45, 2.75) is 6.54 Å². The van der Waals surface area contributed by atoms with E-state index in [0.717, 1.165) is 11.3 Å². The summed E-state index contributed by atoms with van der Waals surface area (Å²) in [4.78, 5) is 12.8. The molecule has 0 aliphatic rings. The fourth-order valence-electron chi connectivity index (χ4n) is 1.23. The normalized spacial score (nSPS) is 9.80. The van der Waals surface area contributed by atoms with Gasteiger partial charge in [-0.15, -0.1) is 11.6 Å². The van der Waals surface area contributed by atoms with E-state index < -0.39 is 0 Å². The van der Waals surface area contributed by atoms with E-state index in [0.29, 0.717) is 6.54 Å². The molecule has 1 rings (SSSR count). The number of hydrogen-bond acceptors (Lipinski definition) is 2. The predicted octanol–water partition coefficient (Wildman–Crippen LogP) is 1.89. The molecule has 0 saturated carbocycles.